The predicted octanol–water partition coefficient (Wildman–Crippen LogP) is 3.04. The van der Waals surface area contributed by atoms with Crippen LogP contribution in [0.15, 0.2) is 35.9 Å². The van der Waals surface area contributed by atoms with Crippen LogP contribution in [0.25, 0.3) is 0 Å². The molecule has 27 heavy (non-hydrogen) atoms. The number of nitrogens with zero attached hydrogens (tertiary/aromatic N) is 2. The standard InChI is InChI=1S/C22H30N2O3/c1-4-16(2)22(26)24-12-5-6-18-15-23(13-11-20(18)24)21(25)14-17-7-9-19(27-3)10-8-17/h4,7-10,18,20H,5-6,11-15H2,1-3H3/t18-,20+/m1/s1. The summed E-state index contributed by atoms with van der Waals surface area (Å²) in [6.45, 7) is 6.13. The smallest absolute Gasteiger partial charge is 0.249 e. The molecule has 0 aliphatic carbocycles. The first-order valence-electron chi connectivity index (χ1n) is 9.88. The van der Waals surface area contributed by atoms with Crippen LogP contribution in [0, 0.1) is 5.92 Å². The lowest BCUT2D eigenvalue weighted by Crippen LogP contribution is -2.57. The Labute approximate surface area is 162 Å². The Hall–Kier alpha value is -2.30. The Kier molecular flexibility index (Phi) is 6.19. The summed E-state index contributed by atoms with van der Waals surface area (Å²) in [7, 11) is 1.64. The average molecular weight is 370 g/mol. The molecular weight excluding hydrogens is 340 g/mol. The normalized spacial score (nSPS) is 23.0. The second kappa shape index (κ2) is 8.59. The van der Waals surface area contributed by atoms with Crippen molar-refractivity contribution in [3.63, 3.8) is 0 Å². The molecule has 0 radical (unpaired) electrons. The van der Waals surface area contributed by atoms with Crippen LogP contribution in [0.2, 0.25) is 0 Å². The molecule has 146 valence electrons. The molecule has 0 bridgehead atoms. The third-order valence-corrected chi connectivity index (χ3v) is 5.97. The molecule has 0 spiro atoms. The Morgan fingerprint density at radius 3 is 2.59 bits per heavy atom. The van der Waals surface area contributed by atoms with E-state index in [0.717, 1.165) is 55.8 Å². The van der Waals surface area contributed by atoms with E-state index in [1.807, 2.05) is 49.1 Å². The highest BCUT2D eigenvalue weighted by Gasteiger charge is 2.39. The predicted molar refractivity (Wildman–Crippen MR) is 106 cm³/mol. The van der Waals surface area contributed by atoms with E-state index in [9.17, 15) is 9.59 Å². The summed E-state index contributed by atoms with van der Waals surface area (Å²) < 4.78 is 5.17. The van der Waals surface area contributed by atoms with Crippen molar-refractivity contribution < 1.29 is 14.3 Å². The van der Waals surface area contributed by atoms with Gasteiger partial charge in [0, 0.05) is 31.2 Å². The zero-order chi connectivity index (χ0) is 19.4. The van der Waals surface area contributed by atoms with Crippen LogP contribution in [0.1, 0.15) is 38.7 Å². The number of ether oxygens (including phenoxy) is 1. The minimum atomic E-state index is 0.158. The minimum Gasteiger partial charge on any atom is -0.497 e. The van der Waals surface area contributed by atoms with Crippen LogP contribution in [0.4, 0.5) is 0 Å². The number of carbonyl (C=O) groups is 2. The summed E-state index contributed by atoms with van der Waals surface area (Å²) in [4.78, 5) is 29.5. The molecule has 0 saturated carbocycles. The van der Waals surface area contributed by atoms with Gasteiger partial charge in [0.15, 0.2) is 0 Å². The summed E-state index contributed by atoms with van der Waals surface area (Å²) in [5, 5.41) is 0. The van der Waals surface area contributed by atoms with Crippen molar-refractivity contribution >= 4 is 11.8 Å². The molecular formula is C22H30N2O3. The lowest BCUT2D eigenvalue weighted by Gasteiger charge is -2.47. The fraction of sp³-hybridized carbons (Fsp3) is 0.545. The van der Waals surface area contributed by atoms with E-state index in [1.54, 1.807) is 7.11 Å². The van der Waals surface area contributed by atoms with Gasteiger partial charge >= 0.3 is 0 Å². The zero-order valence-electron chi connectivity index (χ0n) is 16.6. The van der Waals surface area contributed by atoms with Gasteiger partial charge in [0.05, 0.1) is 13.5 Å². The van der Waals surface area contributed by atoms with Gasteiger partial charge in [0.25, 0.3) is 0 Å². The fourth-order valence-corrected chi connectivity index (χ4v) is 4.26. The number of allylic oxidation sites excluding steroid dienone is 1. The van der Waals surface area contributed by atoms with Gasteiger partial charge in [-0.1, -0.05) is 18.2 Å². The van der Waals surface area contributed by atoms with E-state index in [0.29, 0.717) is 12.3 Å². The molecule has 2 amide bonds. The van der Waals surface area contributed by atoms with E-state index in [-0.39, 0.29) is 17.9 Å². The maximum Gasteiger partial charge on any atom is 0.249 e. The van der Waals surface area contributed by atoms with Crippen molar-refractivity contribution in [2.45, 2.75) is 45.6 Å². The lowest BCUT2D eigenvalue weighted by atomic mass is 9.83. The number of benzene rings is 1. The Bertz CT molecular complexity index is 711. The first-order valence-corrected chi connectivity index (χ1v) is 9.88. The number of rotatable bonds is 4. The van der Waals surface area contributed by atoms with Crippen LogP contribution in [-0.2, 0) is 16.0 Å². The summed E-state index contributed by atoms with van der Waals surface area (Å²) in [6, 6.07) is 7.95. The van der Waals surface area contributed by atoms with Crippen LogP contribution in [-0.4, -0.2) is 54.4 Å². The molecule has 0 aromatic heterocycles. The van der Waals surface area contributed by atoms with Crippen LogP contribution < -0.4 is 4.74 Å². The van der Waals surface area contributed by atoms with E-state index >= 15 is 0 Å². The number of hydrogen-bond donors (Lipinski definition) is 0. The SMILES string of the molecule is CC=C(C)C(=O)N1CCC[C@@H]2CN(C(=O)Cc3ccc(OC)cc3)CC[C@@H]21. The van der Waals surface area contributed by atoms with E-state index in [4.69, 9.17) is 4.74 Å². The van der Waals surface area contributed by atoms with Gasteiger partial charge < -0.3 is 14.5 Å². The number of carbonyl (C=O) groups excluding carboxylic acids is 2. The highest BCUT2D eigenvalue weighted by Crippen LogP contribution is 2.31. The minimum absolute atomic E-state index is 0.158. The second-order valence-corrected chi connectivity index (χ2v) is 7.59. The van der Waals surface area contributed by atoms with Crippen LogP contribution in [0.5, 0.6) is 5.75 Å². The number of fused-ring (bicyclic) bond motifs is 1. The van der Waals surface area contributed by atoms with Crippen LogP contribution >= 0.6 is 0 Å². The molecule has 1 aromatic rings. The molecule has 5 nitrogen and oxygen atoms in total. The Balaban J connectivity index is 1.61. The summed E-state index contributed by atoms with van der Waals surface area (Å²) in [5.41, 5.74) is 1.82. The Morgan fingerprint density at radius 1 is 1.19 bits per heavy atom. The van der Waals surface area contributed by atoms with Gasteiger partial charge in [0.1, 0.15) is 5.75 Å². The molecule has 0 unspecified atom stereocenters. The van der Waals surface area contributed by atoms with Gasteiger partial charge in [-0.3, -0.25) is 9.59 Å². The number of piperidine rings is 2. The fourth-order valence-electron chi connectivity index (χ4n) is 4.26. The second-order valence-electron chi connectivity index (χ2n) is 7.59. The van der Waals surface area contributed by atoms with Crippen LogP contribution in [0.3, 0.4) is 0 Å². The average Bonchev–Trinajstić information content (AvgIpc) is 2.72. The molecule has 1 aromatic carbocycles. The summed E-state index contributed by atoms with van der Waals surface area (Å²) >= 11 is 0. The molecule has 2 heterocycles. The molecule has 2 aliphatic heterocycles. The zero-order valence-corrected chi connectivity index (χ0v) is 16.6. The maximum atomic E-state index is 12.8. The molecule has 3 rings (SSSR count). The molecule has 2 saturated heterocycles. The molecule has 5 heteroatoms. The molecule has 2 fully saturated rings. The topological polar surface area (TPSA) is 49.9 Å². The number of hydrogen-bond acceptors (Lipinski definition) is 3. The monoisotopic (exact) mass is 370 g/mol. The lowest BCUT2D eigenvalue weighted by molar-refractivity contribution is -0.138. The number of methoxy groups -OCH3 is 1. The number of likely N-dealkylation sites (tertiary alicyclic amines) is 2. The highest BCUT2D eigenvalue weighted by molar-refractivity contribution is 5.93. The van der Waals surface area contributed by atoms with Gasteiger partial charge in [0.2, 0.25) is 11.8 Å². The third kappa shape index (κ3) is 4.34. The van der Waals surface area contributed by atoms with Crippen molar-refractivity contribution in [1.82, 2.24) is 9.80 Å². The van der Waals surface area contributed by atoms with Crippen molar-refractivity contribution in [3.05, 3.63) is 41.5 Å². The first kappa shape index (κ1) is 19.5. The highest BCUT2D eigenvalue weighted by atomic mass is 16.5. The van der Waals surface area contributed by atoms with E-state index in [1.165, 1.54) is 0 Å². The largest absolute Gasteiger partial charge is 0.497 e. The van der Waals surface area contributed by atoms with Crippen molar-refractivity contribution in [1.29, 1.82) is 0 Å². The van der Waals surface area contributed by atoms with Gasteiger partial charge in [-0.15, -0.1) is 0 Å². The third-order valence-electron chi connectivity index (χ3n) is 5.97. The van der Waals surface area contributed by atoms with E-state index in [2.05, 4.69) is 4.90 Å². The van der Waals surface area contributed by atoms with Crippen molar-refractivity contribution in [3.8, 4) is 5.75 Å². The molecule has 2 aliphatic rings. The molecule has 0 N–H and O–H groups in total. The molecule has 2 atom stereocenters. The quantitative estimate of drug-likeness (QED) is 0.766. The summed E-state index contributed by atoms with van der Waals surface area (Å²) in [6.07, 6.45) is 5.29. The van der Waals surface area contributed by atoms with Gasteiger partial charge in [-0.2, -0.15) is 0 Å². The van der Waals surface area contributed by atoms with Crippen molar-refractivity contribution in [2.24, 2.45) is 5.92 Å². The summed E-state index contributed by atoms with van der Waals surface area (Å²) in [5.74, 6) is 1.52. The maximum absolute atomic E-state index is 12.8. The number of amides is 2. The van der Waals surface area contributed by atoms with Crippen molar-refractivity contribution in [2.75, 3.05) is 26.7 Å². The Morgan fingerprint density at radius 2 is 1.93 bits per heavy atom. The first-order chi connectivity index (χ1) is 13.0. The van der Waals surface area contributed by atoms with Gasteiger partial charge in [-0.25, -0.2) is 0 Å². The van der Waals surface area contributed by atoms with Gasteiger partial charge in [-0.05, 0) is 56.7 Å². The van der Waals surface area contributed by atoms with E-state index < -0.39 is 0 Å².